The van der Waals surface area contributed by atoms with Gasteiger partial charge >= 0.3 is 0 Å². The Bertz CT molecular complexity index is 597. The van der Waals surface area contributed by atoms with E-state index in [0.717, 1.165) is 5.82 Å². The van der Waals surface area contributed by atoms with Crippen LogP contribution in [-0.2, 0) is 20.1 Å². The van der Waals surface area contributed by atoms with E-state index in [-0.39, 0.29) is 5.91 Å². The number of hydrogen-bond acceptors (Lipinski definition) is 4. The molecule has 0 unspecified atom stereocenters. The van der Waals surface area contributed by atoms with Gasteiger partial charge < -0.3 is 15.6 Å². The fraction of sp³-hybridized carbons (Fsp3) is 0.417. The summed E-state index contributed by atoms with van der Waals surface area (Å²) < 4.78 is 3.46. The van der Waals surface area contributed by atoms with Crippen molar-refractivity contribution in [1.29, 1.82) is 0 Å². The first-order valence-corrected chi connectivity index (χ1v) is 6.11. The molecule has 0 aromatic carbocycles. The second kappa shape index (κ2) is 5.13. The van der Waals surface area contributed by atoms with Crippen LogP contribution in [-0.4, -0.2) is 25.2 Å². The molecule has 0 aliphatic carbocycles. The molecule has 0 saturated heterocycles. The predicted octanol–water partition coefficient (Wildman–Crippen LogP) is 0.457. The zero-order chi connectivity index (χ0) is 14.0. The number of carbonyl (C=O) groups excluding carboxylic acids is 1. The van der Waals surface area contributed by atoms with Gasteiger partial charge in [0.25, 0.3) is 5.91 Å². The van der Waals surface area contributed by atoms with Gasteiger partial charge in [-0.05, 0) is 13.8 Å². The average Bonchev–Trinajstić information content (AvgIpc) is 2.91. The van der Waals surface area contributed by atoms with E-state index in [9.17, 15) is 4.79 Å². The fourth-order valence-corrected chi connectivity index (χ4v) is 1.87. The summed E-state index contributed by atoms with van der Waals surface area (Å²) in [6.45, 7) is 4.66. The number of rotatable bonds is 4. The molecule has 2 aromatic rings. The van der Waals surface area contributed by atoms with Gasteiger partial charge in [-0.2, -0.15) is 5.10 Å². The lowest BCUT2D eigenvalue weighted by Gasteiger charge is -2.07. The molecule has 0 saturated carbocycles. The first kappa shape index (κ1) is 13.1. The number of carbonyl (C=O) groups is 1. The van der Waals surface area contributed by atoms with Crippen molar-refractivity contribution in [3.8, 4) is 0 Å². The summed E-state index contributed by atoms with van der Waals surface area (Å²) in [4.78, 5) is 16.3. The zero-order valence-electron chi connectivity index (χ0n) is 11.3. The SMILES string of the molecule is CCn1nc(C)c(N)c1C(=O)NCc1nccn1C. The maximum Gasteiger partial charge on any atom is 0.272 e. The van der Waals surface area contributed by atoms with Gasteiger partial charge in [0.2, 0.25) is 0 Å². The third-order valence-electron chi connectivity index (χ3n) is 3.02. The van der Waals surface area contributed by atoms with Crippen LogP contribution < -0.4 is 11.1 Å². The van der Waals surface area contributed by atoms with Crippen molar-refractivity contribution in [2.45, 2.75) is 26.9 Å². The van der Waals surface area contributed by atoms with Crippen LogP contribution in [0.1, 0.15) is 28.9 Å². The summed E-state index contributed by atoms with van der Waals surface area (Å²) in [5.74, 6) is 0.550. The maximum atomic E-state index is 12.2. The Morgan fingerprint density at radius 1 is 1.53 bits per heavy atom. The van der Waals surface area contributed by atoms with Gasteiger partial charge in [0.15, 0.2) is 0 Å². The van der Waals surface area contributed by atoms with Crippen molar-refractivity contribution in [1.82, 2.24) is 24.6 Å². The Morgan fingerprint density at radius 2 is 2.26 bits per heavy atom. The molecule has 0 radical (unpaired) electrons. The van der Waals surface area contributed by atoms with Gasteiger partial charge in [-0.3, -0.25) is 9.48 Å². The molecule has 2 rings (SSSR count). The first-order valence-electron chi connectivity index (χ1n) is 6.11. The second-order valence-electron chi connectivity index (χ2n) is 4.30. The highest BCUT2D eigenvalue weighted by Crippen LogP contribution is 2.16. The van der Waals surface area contributed by atoms with Gasteiger partial charge in [-0.25, -0.2) is 4.98 Å². The Kier molecular flexibility index (Phi) is 3.55. The van der Waals surface area contributed by atoms with Crippen LogP contribution in [0.15, 0.2) is 12.4 Å². The normalized spacial score (nSPS) is 10.7. The van der Waals surface area contributed by atoms with Crippen molar-refractivity contribution in [3.05, 3.63) is 29.6 Å². The largest absolute Gasteiger partial charge is 0.395 e. The van der Waals surface area contributed by atoms with Crippen molar-refractivity contribution >= 4 is 11.6 Å². The van der Waals surface area contributed by atoms with Gasteiger partial charge in [0.05, 0.1) is 17.9 Å². The minimum absolute atomic E-state index is 0.233. The van der Waals surface area contributed by atoms with Gasteiger partial charge in [0, 0.05) is 26.0 Å². The lowest BCUT2D eigenvalue weighted by molar-refractivity contribution is 0.0940. The minimum Gasteiger partial charge on any atom is -0.395 e. The number of aryl methyl sites for hydroxylation is 3. The summed E-state index contributed by atoms with van der Waals surface area (Å²) in [5, 5.41) is 7.03. The molecule has 0 spiro atoms. The summed E-state index contributed by atoms with van der Waals surface area (Å²) in [6, 6.07) is 0. The number of anilines is 1. The van der Waals surface area contributed by atoms with E-state index < -0.39 is 0 Å². The summed E-state index contributed by atoms with van der Waals surface area (Å²) in [7, 11) is 1.88. The molecule has 2 aromatic heterocycles. The predicted molar refractivity (Wildman–Crippen MR) is 71.4 cm³/mol. The van der Waals surface area contributed by atoms with Crippen molar-refractivity contribution in [3.63, 3.8) is 0 Å². The topological polar surface area (TPSA) is 90.8 Å². The second-order valence-corrected chi connectivity index (χ2v) is 4.30. The monoisotopic (exact) mass is 262 g/mol. The molecule has 102 valence electrons. The quantitative estimate of drug-likeness (QED) is 0.837. The van der Waals surface area contributed by atoms with E-state index in [2.05, 4.69) is 15.4 Å². The number of nitrogens with one attached hydrogen (secondary N) is 1. The molecule has 1 amide bonds. The van der Waals surface area contributed by atoms with E-state index >= 15 is 0 Å². The highest BCUT2D eigenvalue weighted by Gasteiger charge is 2.19. The molecule has 7 nitrogen and oxygen atoms in total. The van der Waals surface area contributed by atoms with Crippen LogP contribution in [0.2, 0.25) is 0 Å². The highest BCUT2D eigenvalue weighted by molar-refractivity contribution is 5.97. The Hall–Kier alpha value is -2.31. The van der Waals surface area contributed by atoms with Crippen LogP contribution in [0, 0.1) is 6.92 Å². The van der Waals surface area contributed by atoms with Crippen molar-refractivity contribution < 1.29 is 4.79 Å². The summed E-state index contributed by atoms with van der Waals surface area (Å²) >= 11 is 0. The number of amides is 1. The molecule has 7 heteroatoms. The Balaban J connectivity index is 2.14. The molecule has 2 heterocycles. The Morgan fingerprint density at radius 3 is 2.84 bits per heavy atom. The Labute approximate surface area is 111 Å². The fourth-order valence-electron chi connectivity index (χ4n) is 1.87. The van der Waals surface area contributed by atoms with E-state index in [1.165, 1.54) is 0 Å². The van der Waals surface area contributed by atoms with Crippen LogP contribution in [0.4, 0.5) is 5.69 Å². The molecule has 0 atom stereocenters. The van der Waals surface area contributed by atoms with Gasteiger partial charge in [-0.15, -0.1) is 0 Å². The molecule has 0 aliphatic rings. The number of aromatic nitrogens is 4. The van der Waals surface area contributed by atoms with E-state index in [4.69, 9.17) is 5.73 Å². The summed E-state index contributed by atoms with van der Waals surface area (Å²) in [5.41, 5.74) is 7.41. The third kappa shape index (κ3) is 2.44. The maximum absolute atomic E-state index is 12.2. The molecule has 3 N–H and O–H groups in total. The smallest absolute Gasteiger partial charge is 0.272 e. The molecule has 0 aliphatic heterocycles. The molecule has 19 heavy (non-hydrogen) atoms. The lowest BCUT2D eigenvalue weighted by Crippen LogP contribution is -2.27. The van der Waals surface area contributed by atoms with Crippen molar-refractivity contribution in [2.75, 3.05) is 5.73 Å². The zero-order valence-corrected chi connectivity index (χ0v) is 11.3. The number of nitrogens with two attached hydrogens (primary N) is 1. The standard InChI is InChI=1S/C12H18N6O/c1-4-18-11(10(13)8(2)16-18)12(19)15-7-9-14-5-6-17(9)3/h5-6H,4,7,13H2,1-3H3,(H,15,19). The van der Waals surface area contributed by atoms with Crippen LogP contribution >= 0.6 is 0 Å². The number of nitrogen functional groups attached to an aromatic ring is 1. The lowest BCUT2D eigenvalue weighted by atomic mass is 10.3. The first-order chi connectivity index (χ1) is 9.04. The van der Waals surface area contributed by atoms with Gasteiger partial charge in [-0.1, -0.05) is 0 Å². The summed E-state index contributed by atoms with van der Waals surface area (Å²) in [6.07, 6.45) is 3.52. The van der Waals surface area contributed by atoms with Crippen LogP contribution in [0.3, 0.4) is 0 Å². The molecular formula is C12H18N6O. The highest BCUT2D eigenvalue weighted by atomic mass is 16.2. The minimum atomic E-state index is -0.233. The molecule has 0 bridgehead atoms. The van der Waals surface area contributed by atoms with E-state index in [1.54, 1.807) is 17.8 Å². The number of imidazole rings is 1. The number of hydrogen-bond donors (Lipinski definition) is 2. The molecule has 0 fully saturated rings. The van der Waals surface area contributed by atoms with Gasteiger partial charge in [0.1, 0.15) is 11.5 Å². The molecular weight excluding hydrogens is 244 g/mol. The third-order valence-corrected chi connectivity index (χ3v) is 3.02. The van der Waals surface area contributed by atoms with E-state index in [1.807, 2.05) is 24.7 Å². The van der Waals surface area contributed by atoms with Crippen LogP contribution in [0.25, 0.3) is 0 Å². The van der Waals surface area contributed by atoms with Crippen LogP contribution in [0.5, 0.6) is 0 Å². The number of nitrogens with zero attached hydrogens (tertiary/aromatic N) is 4. The van der Waals surface area contributed by atoms with Crippen molar-refractivity contribution in [2.24, 2.45) is 7.05 Å². The average molecular weight is 262 g/mol. The van der Waals surface area contributed by atoms with E-state index in [0.29, 0.717) is 30.2 Å².